The lowest BCUT2D eigenvalue weighted by Crippen LogP contribution is -2.33. The van der Waals surface area contributed by atoms with Gasteiger partial charge in [-0.05, 0) is 44.9 Å². The van der Waals surface area contributed by atoms with Crippen LogP contribution in [0.2, 0.25) is 0 Å². The van der Waals surface area contributed by atoms with Gasteiger partial charge in [0.15, 0.2) is 17.0 Å². The summed E-state index contributed by atoms with van der Waals surface area (Å²) < 4.78 is 2.27. The second kappa shape index (κ2) is 11.2. The fourth-order valence-corrected chi connectivity index (χ4v) is 4.38. The topological polar surface area (TPSA) is 93.7 Å². The molecule has 9 heteroatoms. The number of aromatic nitrogens is 4. The van der Waals surface area contributed by atoms with Crippen molar-refractivity contribution in [2.45, 2.75) is 89.3 Å². The molecule has 0 radical (unpaired) electrons. The van der Waals surface area contributed by atoms with Crippen LogP contribution in [0.25, 0.3) is 11.2 Å². The quantitative estimate of drug-likeness (QED) is 0.537. The predicted molar refractivity (Wildman–Crippen MR) is 125 cm³/mol. The van der Waals surface area contributed by atoms with Gasteiger partial charge in [-0.3, -0.25) is 0 Å². The molecule has 4 N–H and O–H groups in total. The van der Waals surface area contributed by atoms with E-state index in [2.05, 4.69) is 27.1 Å². The van der Waals surface area contributed by atoms with Crippen LogP contribution in [0.3, 0.4) is 0 Å². The van der Waals surface area contributed by atoms with Gasteiger partial charge in [0.1, 0.15) is 0 Å². The molecule has 2 fully saturated rings. The second-order valence-electron chi connectivity index (χ2n) is 8.19. The maximum atomic E-state index is 6.05. The van der Waals surface area contributed by atoms with Crippen LogP contribution >= 0.6 is 24.8 Å². The normalized spacial score (nSPS) is 22.1. The third kappa shape index (κ3) is 5.64. The first-order valence-corrected chi connectivity index (χ1v) is 10.7. The van der Waals surface area contributed by atoms with E-state index in [1.165, 1.54) is 25.7 Å². The summed E-state index contributed by atoms with van der Waals surface area (Å²) in [7, 11) is 0. The highest BCUT2D eigenvalue weighted by Crippen LogP contribution is 2.33. The SMILES string of the molecule is CCCCNc1nc(N[C@H]2CC[C@H](N)CC2)nc2c1ncn2C1CCCC1.Cl.Cl. The van der Waals surface area contributed by atoms with E-state index < -0.39 is 0 Å². The predicted octanol–water partition coefficient (Wildman–Crippen LogP) is 4.68. The first-order valence-electron chi connectivity index (χ1n) is 10.7. The van der Waals surface area contributed by atoms with Crippen molar-refractivity contribution < 1.29 is 0 Å². The Hall–Kier alpha value is -1.31. The van der Waals surface area contributed by atoms with Gasteiger partial charge < -0.3 is 20.9 Å². The molecular weight excluding hydrogens is 409 g/mol. The van der Waals surface area contributed by atoms with Gasteiger partial charge in [0.2, 0.25) is 5.95 Å². The summed E-state index contributed by atoms with van der Waals surface area (Å²) in [5, 5.41) is 7.06. The van der Waals surface area contributed by atoms with Crippen molar-refractivity contribution in [1.82, 2.24) is 19.5 Å². The fourth-order valence-electron chi connectivity index (χ4n) is 4.38. The van der Waals surface area contributed by atoms with Crippen LogP contribution in [-0.2, 0) is 0 Å². The number of fused-ring (bicyclic) bond motifs is 1. The molecule has 0 bridgehead atoms. The molecule has 0 atom stereocenters. The average molecular weight is 444 g/mol. The molecule has 29 heavy (non-hydrogen) atoms. The lowest BCUT2D eigenvalue weighted by Gasteiger charge is -2.27. The van der Waals surface area contributed by atoms with E-state index in [1.54, 1.807) is 0 Å². The number of unbranched alkanes of at least 4 members (excludes halogenated alkanes) is 1. The minimum Gasteiger partial charge on any atom is -0.368 e. The zero-order chi connectivity index (χ0) is 18.6. The Morgan fingerprint density at radius 1 is 1.07 bits per heavy atom. The Balaban J connectivity index is 0.00000150. The minimum atomic E-state index is 0. The van der Waals surface area contributed by atoms with Crippen LogP contribution < -0.4 is 16.4 Å². The maximum absolute atomic E-state index is 6.05. The highest BCUT2D eigenvalue weighted by molar-refractivity contribution is 5.86. The van der Waals surface area contributed by atoms with Crippen LogP contribution in [0.15, 0.2) is 6.33 Å². The number of nitrogens with zero attached hydrogens (tertiary/aromatic N) is 4. The number of anilines is 2. The van der Waals surface area contributed by atoms with Gasteiger partial charge in [-0.15, -0.1) is 24.8 Å². The zero-order valence-corrected chi connectivity index (χ0v) is 18.9. The number of nitrogens with one attached hydrogen (secondary N) is 2. The van der Waals surface area contributed by atoms with Crippen molar-refractivity contribution >= 4 is 47.7 Å². The van der Waals surface area contributed by atoms with Crippen molar-refractivity contribution in [1.29, 1.82) is 0 Å². The van der Waals surface area contributed by atoms with Crippen molar-refractivity contribution in [2.75, 3.05) is 17.2 Å². The van der Waals surface area contributed by atoms with Gasteiger partial charge >= 0.3 is 0 Å². The van der Waals surface area contributed by atoms with Gasteiger partial charge in [0.05, 0.1) is 6.33 Å². The van der Waals surface area contributed by atoms with Crippen LogP contribution in [0, 0.1) is 0 Å². The van der Waals surface area contributed by atoms with E-state index in [9.17, 15) is 0 Å². The molecule has 2 aromatic rings. The Morgan fingerprint density at radius 3 is 2.48 bits per heavy atom. The largest absolute Gasteiger partial charge is 0.368 e. The van der Waals surface area contributed by atoms with Crippen molar-refractivity contribution in [3.05, 3.63) is 6.33 Å². The lowest BCUT2D eigenvalue weighted by molar-refractivity contribution is 0.410. The van der Waals surface area contributed by atoms with E-state index in [0.29, 0.717) is 18.1 Å². The summed E-state index contributed by atoms with van der Waals surface area (Å²) in [6, 6.07) is 1.28. The summed E-state index contributed by atoms with van der Waals surface area (Å²) in [5.74, 6) is 1.59. The fraction of sp³-hybridized carbons (Fsp3) is 0.750. The van der Waals surface area contributed by atoms with Gasteiger partial charge in [0, 0.05) is 24.7 Å². The van der Waals surface area contributed by atoms with Crippen molar-refractivity contribution in [3.63, 3.8) is 0 Å². The van der Waals surface area contributed by atoms with Crippen LogP contribution in [0.5, 0.6) is 0 Å². The molecule has 4 rings (SSSR count). The van der Waals surface area contributed by atoms with E-state index in [-0.39, 0.29) is 24.8 Å². The van der Waals surface area contributed by atoms with E-state index in [1.807, 2.05) is 6.33 Å². The summed E-state index contributed by atoms with van der Waals surface area (Å²) in [6.07, 6.45) is 13.6. The molecule has 0 saturated heterocycles. The molecule has 2 aliphatic rings. The highest BCUT2D eigenvalue weighted by Gasteiger charge is 2.23. The van der Waals surface area contributed by atoms with Crippen LogP contribution in [0.4, 0.5) is 11.8 Å². The molecule has 2 aromatic heterocycles. The van der Waals surface area contributed by atoms with Gasteiger partial charge in [-0.25, -0.2) is 4.98 Å². The number of hydrogen-bond donors (Lipinski definition) is 3. The maximum Gasteiger partial charge on any atom is 0.227 e. The first kappa shape index (κ1) is 24.0. The van der Waals surface area contributed by atoms with E-state index >= 15 is 0 Å². The second-order valence-corrected chi connectivity index (χ2v) is 8.19. The number of nitrogens with two attached hydrogens (primary N) is 1. The Morgan fingerprint density at radius 2 is 1.79 bits per heavy atom. The first-order chi connectivity index (χ1) is 13.2. The van der Waals surface area contributed by atoms with Crippen molar-refractivity contribution in [2.24, 2.45) is 5.73 Å². The number of hydrogen-bond acceptors (Lipinski definition) is 6. The Labute approximate surface area is 185 Å². The van der Waals surface area contributed by atoms with Crippen LogP contribution in [-0.4, -0.2) is 38.1 Å². The van der Waals surface area contributed by atoms with Crippen LogP contribution in [0.1, 0.15) is 77.2 Å². The molecule has 0 spiro atoms. The molecule has 0 amide bonds. The molecule has 0 aliphatic heterocycles. The number of rotatable bonds is 7. The molecule has 0 aromatic carbocycles. The monoisotopic (exact) mass is 443 g/mol. The summed E-state index contributed by atoms with van der Waals surface area (Å²) in [4.78, 5) is 14.3. The highest BCUT2D eigenvalue weighted by atomic mass is 35.5. The summed E-state index contributed by atoms with van der Waals surface area (Å²) >= 11 is 0. The molecule has 2 heterocycles. The van der Waals surface area contributed by atoms with Crippen molar-refractivity contribution in [3.8, 4) is 0 Å². The molecule has 0 unspecified atom stereocenters. The number of imidazole rings is 1. The number of halogens is 2. The third-order valence-electron chi connectivity index (χ3n) is 6.07. The lowest BCUT2D eigenvalue weighted by atomic mass is 9.92. The standard InChI is InChI=1S/C20H33N7.2ClH/c1-2-3-12-22-18-17-19(27(13-23-17)16-6-4-5-7-16)26-20(25-18)24-15-10-8-14(21)9-11-15;;/h13-16H,2-12,21H2,1H3,(H2,22,24,25,26);2*1H/t14-,15-;;. The minimum absolute atomic E-state index is 0. The van der Waals surface area contributed by atoms with Gasteiger partial charge in [-0.1, -0.05) is 26.2 Å². The molecule has 7 nitrogen and oxygen atoms in total. The molecule has 2 saturated carbocycles. The third-order valence-corrected chi connectivity index (χ3v) is 6.07. The van der Waals surface area contributed by atoms with E-state index in [4.69, 9.17) is 15.7 Å². The molecule has 164 valence electrons. The Bertz CT molecular complexity index is 753. The van der Waals surface area contributed by atoms with Gasteiger partial charge in [-0.2, -0.15) is 9.97 Å². The smallest absolute Gasteiger partial charge is 0.227 e. The zero-order valence-electron chi connectivity index (χ0n) is 17.3. The van der Waals surface area contributed by atoms with Gasteiger partial charge in [0.25, 0.3) is 0 Å². The summed E-state index contributed by atoms with van der Waals surface area (Å²) in [6.45, 7) is 3.11. The summed E-state index contributed by atoms with van der Waals surface area (Å²) in [5.41, 5.74) is 7.91. The molecule has 2 aliphatic carbocycles. The van der Waals surface area contributed by atoms with E-state index in [0.717, 1.165) is 68.0 Å². The average Bonchev–Trinajstić information content (AvgIpc) is 3.33. The Kier molecular flexibility index (Phi) is 9.24. The molecular formula is C20H35Cl2N7.